The van der Waals surface area contributed by atoms with Gasteiger partial charge < -0.3 is 0 Å². The summed E-state index contributed by atoms with van der Waals surface area (Å²) in [7, 11) is 0. The first-order valence-electron chi connectivity index (χ1n) is 10.8. The summed E-state index contributed by atoms with van der Waals surface area (Å²) in [6.45, 7) is 17.3. The molecule has 0 aromatic rings. The SMILES string of the molecule is CCCCC(C)C(C)CCC(C)(C)CCC1C(C)CCCC1C. The van der Waals surface area contributed by atoms with Gasteiger partial charge in [0.2, 0.25) is 0 Å². The first-order chi connectivity index (χ1) is 10.8. The summed E-state index contributed by atoms with van der Waals surface area (Å²) in [6, 6.07) is 0. The molecule has 1 saturated carbocycles. The normalized spacial score (nSPS) is 28.6. The third-order valence-corrected chi connectivity index (χ3v) is 7.20. The lowest BCUT2D eigenvalue weighted by Crippen LogP contribution is -2.26. The molecule has 138 valence electrons. The highest BCUT2D eigenvalue weighted by Crippen LogP contribution is 2.41. The van der Waals surface area contributed by atoms with Crippen molar-refractivity contribution in [2.45, 2.75) is 113 Å². The van der Waals surface area contributed by atoms with E-state index in [4.69, 9.17) is 0 Å². The molecule has 0 aliphatic heterocycles. The van der Waals surface area contributed by atoms with Gasteiger partial charge in [-0.1, -0.05) is 87.0 Å². The Hall–Kier alpha value is 0. The molecule has 0 N–H and O–H groups in total. The van der Waals surface area contributed by atoms with Crippen LogP contribution in [0.15, 0.2) is 0 Å². The summed E-state index contributed by atoms with van der Waals surface area (Å²) in [4.78, 5) is 0. The number of hydrogen-bond acceptors (Lipinski definition) is 0. The van der Waals surface area contributed by atoms with Crippen molar-refractivity contribution in [1.29, 1.82) is 0 Å². The highest BCUT2D eigenvalue weighted by atomic mass is 14.4. The zero-order valence-corrected chi connectivity index (χ0v) is 17.5. The van der Waals surface area contributed by atoms with E-state index in [9.17, 15) is 0 Å². The Morgan fingerprint density at radius 2 is 1.48 bits per heavy atom. The predicted octanol–water partition coefficient (Wildman–Crippen LogP) is 8.11. The Morgan fingerprint density at radius 1 is 0.913 bits per heavy atom. The van der Waals surface area contributed by atoms with Crippen molar-refractivity contribution in [1.82, 2.24) is 0 Å². The van der Waals surface area contributed by atoms with Gasteiger partial charge in [-0.2, -0.15) is 0 Å². The summed E-state index contributed by atoms with van der Waals surface area (Å²) in [5.41, 5.74) is 0.537. The van der Waals surface area contributed by atoms with Gasteiger partial charge in [0.15, 0.2) is 0 Å². The van der Waals surface area contributed by atoms with Crippen molar-refractivity contribution >= 4 is 0 Å². The van der Waals surface area contributed by atoms with Crippen LogP contribution >= 0.6 is 0 Å². The molecule has 23 heavy (non-hydrogen) atoms. The van der Waals surface area contributed by atoms with Crippen molar-refractivity contribution in [3.05, 3.63) is 0 Å². The maximum atomic E-state index is 2.52. The van der Waals surface area contributed by atoms with Gasteiger partial charge in [-0.3, -0.25) is 0 Å². The minimum Gasteiger partial charge on any atom is -0.0654 e. The van der Waals surface area contributed by atoms with E-state index in [1.165, 1.54) is 64.2 Å². The lowest BCUT2D eigenvalue weighted by molar-refractivity contribution is 0.138. The van der Waals surface area contributed by atoms with Crippen molar-refractivity contribution in [3.8, 4) is 0 Å². The molecule has 4 atom stereocenters. The molecular formula is C23H46. The molecule has 1 aliphatic rings. The minimum absolute atomic E-state index is 0.537. The monoisotopic (exact) mass is 322 g/mol. The molecule has 0 amide bonds. The number of hydrogen-bond donors (Lipinski definition) is 0. The van der Waals surface area contributed by atoms with Gasteiger partial charge in [0.1, 0.15) is 0 Å². The van der Waals surface area contributed by atoms with Gasteiger partial charge in [0.05, 0.1) is 0 Å². The van der Waals surface area contributed by atoms with E-state index in [0.29, 0.717) is 5.41 Å². The summed E-state index contributed by atoms with van der Waals surface area (Å²) < 4.78 is 0. The van der Waals surface area contributed by atoms with Crippen LogP contribution in [0.3, 0.4) is 0 Å². The molecule has 0 spiro atoms. The van der Waals surface area contributed by atoms with Gasteiger partial charge in [-0.15, -0.1) is 0 Å². The maximum Gasteiger partial charge on any atom is -0.0354 e. The average molecular weight is 323 g/mol. The lowest BCUT2D eigenvalue weighted by atomic mass is 9.69. The van der Waals surface area contributed by atoms with Crippen molar-refractivity contribution in [2.75, 3.05) is 0 Å². The van der Waals surface area contributed by atoms with Crippen LogP contribution < -0.4 is 0 Å². The fraction of sp³-hybridized carbons (Fsp3) is 1.00. The van der Waals surface area contributed by atoms with Crippen molar-refractivity contribution in [2.24, 2.45) is 35.0 Å². The summed E-state index contributed by atoms with van der Waals surface area (Å²) in [6.07, 6.45) is 14.3. The second kappa shape index (κ2) is 10.1. The molecule has 0 bridgehead atoms. The molecule has 1 fully saturated rings. The van der Waals surface area contributed by atoms with Crippen LogP contribution in [0.5, 0.6) is 0 Å². The first-order valence-corrected chi connectivity index (χ1v) is 10.8. The van der Waals surface area contributed by atoms with Crippen molar-refractivity contribution < 1.29 is 0 Å². The van der Waals surface area contributed by atoms with Gasteiger partial charge in [-0.05, 0) is 60.7 Å². The largest absolute Gasteiger partial charge is 0.0654 e. The lowest BCUT2D eigenvalue weighted by Gasteiger charge is -2.37. The van der Waals surface area contributed by atoms with E-state index in [-0.39, 0.29) is 0 Å². The van der Waals surface area contributed by atoms with Crippen molar-refractivity contribution in [3.63, 3.8) is 0 Å². The van der Waals surface area contributed by atoms with Gasteiger partial charge in [0, 0.05) is 0 Å². The number of unbranched alkanes of at least 4 members (excludes halogenated alkanes) is 1. The second-order valence-electron chi connectivity index (χ2n) is 9.89. The van der Waals surface area contributed by atoms with Crippen LogP contribution in [-0.2, 0) is 0 Å². The Bertz CT molecular complexity index is 293. The van der Waals surface area contributed by atoms with E-state index in [0.717, 1.165) is 29.6 Å². The number of rotatable bonds is 10. The minimum atomic E-state index is 0.537. The Kier molecular flexibility index (Phi) is 9.24. The fourth-order valence-electron chi connectivity index (χ4n) is 4.72. The zero-order valence-electron chi connectivity index (χ0n) is 17.5. The molecule has 0 radical (unpaired) electrons. The van der Waals surface area contributed by atoms with E-state index >= 15 is 0 Å². The molecule has 0 saturated heterocycles. The molecule has 0 aromatic heterocycles. The summed E-state index contributed by atoms with van der Waals surface area (Å²) in [5, 5.41) is 0. The van der Waals surface area contributed by atoms with E-state index in [2.05, 4.69) is 48.5 Å². The fourth-order valence-corrected chi connectivity index (χ4v) is 4.72. The molecule has 0 aromatic carbocycles. The van der Waals surface area contributed by atoms with Crippen LogP contribution in [0.1, 0.15) is 113 Å². The van der Waals surface area contributed by atoms with E-state index < -0.39 is 0 Å². The van der Waals surface area contributed by atoms with Crippen LogP contribution in [0.4, 0.5) is 0 Å². The van der Waals surface area contributed by atoms with Crippen LogP contribution in [0.25, 0.3) is 0 Å². The molecule has 1 aliphatic carbocycles. The zero-order chi connectivity index (χ0) is 17.5. The standard InChI is InChI=1S/C23H46/c1-8-9-11-18(2)19(3)14-16-23(6,7)17-15-22-20(4)12-10-13-21(22)5/h18-22H,8-17H2,1-7H3. The predicted molar refractivity (Wildman–Crippen MR) is 106 cm³/mol. The van der Waals surface area contributed by atoms with Crippen LogP contribution in [-0.4, -0.2) is 0 Å². The summed E-state index contributed by atoms with van der Waals surface area (Å²) in [5.74, 6) is 4.71. The average Bonchev–Trinajstić information content (AvgIpc) is 2.49. The van der Waals surface area contributed by atoms with Crippen LogP contribution in [0.2, 0.25) is 0 Å². The van der Waals surface area contributed by atoms with E-state index in [1.807, 2.05) is 0 Å². The molecule has 0 heteroatoms. The smallest absolute Gasteiger partial charge is 0.0354 e. The Morgan fingerprint density at radius 3 is 2.04 bits per heavy atom. The Balaban J connectivity index is 2.34. The highest BCUT2D eigenvalue weighted by molar-refractivity contribution is 4.81. The molecule has 4 unspecified atom stereocenters. The molecule has 0 nitrogen and oxygen atoms in total. The van der Waals surface area contributed by atoms with Gasteiger partial charge >= 0.3 is 0 Å². The molecule has 1 rings (SSSR count). The quantitative estimate of drug-likeness (QED) is 0.381. The maximum absolute atomic E-state index is 2.52. The second-order valence-corrected chi connectivity index (χ2v) is 9.89. The third-order valence-electron chi connectivity index (χ3n) is 7.20. The summed E-state index contributed by atoms with van der Waals surface area (Å²) >= 11 is 0. The topological polar surface area (TPSA) is 0 Å². The van der Waals surface area contributed by atoms with Gasteiger partial charge in [-0.25, -0.2) is 0 Å². The molecule has 0 heterocycles. The molecular weight excluding hydrogens is 276 g/mol. The third kappa shape index (κ3) is 7.61. The Labute approximate surface area is 148 Å². The first kappa shape index (κ1) is 21.0. The van der Waals surface area contributed by atoms with E-state index in [1.54, 1.807) is 0 Å². The van der Waals surface area contributed by atoms with Gasteiger partial charge in [0.25, 0.3) is 0 Å². The van der Waals surface area contributed by atoms with Crippen LogP contribution in [0, 0.1) is 35.0 Å². The highest BCUT2D eigenvalue weighted by Gasteiger charge is 2.29.